The van der Waals surface area contributed by atoms with Crippen LogP contribution in [0.1, 0.15) is 45.2 Å². The molecule has 0 aliphatic rings. The molecule has 0 spiro atoms. The molecule has 0 aliphatic carbocycles. The molecule has 0 radical (unpaired) electrons. The molecule has 1 aromatic rings. The summed E-state index contributed by atoms with van der Waals surface area (Å²) in [6.07, 6.45) is 2.48. The Morgan fingerprint density at radius 3 is 2.47 bits per heavy atom. The maximum absolute atomic E-state index is 3.67. The summed E-state index contributed by atoms with van der Waals surface area (Å²) in [4.78, 5) is 0. The zero-order valence-electron chi connectivity index (χ0n) is 10.8. The first-order valence-electron chi connectivity index (χ1n) is 6.28. The van der Waals surface area contributed by atoms with Crippen molar-refractivity contribution < 1.29 is 0 Å². The summed E-state index contributed by atoms with van der Waals surface area (Å²) in [5.74, 6) is 0.650. The van der Waals surface area contributed by atoms with E-state index < -0.39 is 0 Å². The average Bonchev–Trinajstić information content (AvgIpc) is 2.27. The Morgan fingerprint density at radius 1 is 1.24 bits per heavy atom. The molecule has 0 saturated carbocycles. The smallest absolute Gasteiger partial charge is 0.0357 e. The Labute approximate surface area is 122 Å². The van der Waals surface area contributed by atoms with Crippen LogP contribution in [0.3, 0.4) is 0 Å². The van der Waals surface area contributed by atoms with E-state index in [0.717, 1.165) is 11.0 Å². The normalized spacial score (nSPS) is 14.6. The minimum atomic E-state index is 0.433. The molecule has 17 heavy (non-hydrogen) atoms. The third-order valence-corrected chi connectivity index (χ3v) is 4.21. The fourth-order valence-electron chi connectivity index (χ4n) is 2.21. The SMILES string of the molecule is CCCC(C)C(NCC)c1ccc(Br)cc1Br. The van der Waals surface area contributed by atoms with Crippen LogP contribution in [0.15, 0.2) is 27.1 Å². The topological polar surface area (TPSA) is 12.0 Å². The van der Waals surface area contributed by atoms with E-state index in [9.17, 15) is 0 Å². The van der Waals surface area contributed by atoms with Gasteiger partial charge in [-0.05, 0) is 36.6 Å². The molecule has 0 aliphatic heterocycles. The molecule has 1 aromatic carbocycles. The van der Waals surface area contributed by atoms with Crippen molar-refractivity contribution in [3.63, 3.8) is 0 Å². The van der Waals surface area contributed by atoms with Gasteiger partial charge in [-0.2, -0.15) is 0 Å². The Bertz CT molecular complexity index is 352. The minimum Gasteiger partial charge on any atom is -0.310 e. The minimum absolute atomic E-state index is 0.433. The Balaban J connectivity index is 2.96. The van der Waals surface area contributed by atoms with Gasteiger partial charge in [0.2, 0.25) is 0 Å². The summed E-state index contributed by atoms with van der Waals surface area (Å²) in [6.45, 7) is 7.74. The first-order valence-corrected chi connectivity index (χ1v) is 7.87. The summed E-state index contributed by atoms with van der Waals surface area (Å²) in [7, 11) is 0. The van der Waals surface area contributed by atoms with Gasteiger partial charge in [-0.1, -0.05) is 65.1 Å². The van der Waals surface area contributed by atoms with Crippen molar-refractivity contribution in [1.82, 2.24) is 5.32 Å². The second-order valence-electron chi connectivity index (χ2n) is 4.47. The van der Waals surface area contributed by atoms with Crippen LogP contribution in [0.2, 0.25) is 0 Å². The van der Waals surface area contributed by atoms with Gasteiger partial charge in [-0.15, -0.1) is 0 Å². The van der Waals surface area contributed by atoms with Crippen LogP contribution in [0, 0.1) is 5.92 Å². The van der Waals surface area contributed by atoms with E-state index in [1.165, 1.54) is 22.9 Å². The highest BCUT2D eigenvalue weighted by Gasteiger charge is 2.19. The largest absolute Gasteiger partial charge is 0.310 e. The lowest BCUT2D eigenvalue weighted by Gasteiger charge is -2.26. The molecule has 0 bridgehead atoms. The molecular formula is C14H21Br2N. The summed E-state index contributed by atoms with van der Waals surface area (Å²) < 4.78 is 2.30. The van der Waals surface area contributed by atoms with E-state index in [0.29, 0.717) is 12.0 Å². The van der Waals surface area contributed by atoms with Crippen molar-refractivity contribution in [2.24, 2.45) is 5.92 Å². The molecule has 3 heteroatoms. The number of halogens is 2. The van der Waals surface area contributed by atoms with Crippen LogP contribution in [-0.4, -0.2) is 6.54 Å². The second-order valence-corrected chi connectivity index (χ2v) is 6.24. The van der Waals surface area contributed by atoms with Gasteiger partial charge >= 0.3 is 0 Å². The summed E-state index contributed by atoms with van der Waals surface area (Å²) >= 11 is 7.17. The number of nitrogens with one attached hydrogen (secondary N) is 1. The zero-order chi connectivity index (χ0) is 12.8. The van der Waals surface area contributed by atoms with Gasteiger partial charge in [-0.25, -0.2) is 0 Å². The van der Waals surface area contributed by atoms with Gasteiger partial charge < -0.3 is 5.32 Å². The van der Waals surface area contributed by atoms with Gasteiger partial charge in [0.25, 0.3) is 0 Å². The van der Waals surface area contributed by atoms with E-state index in [2.05, 4.69) is 76.1 Å². The predicted octanol–water partition coefficient (Wildman–Crippen LogP) is 5.30. The van der Waals surface area contributed by atoms with Crippen molar-refractivity contribution in [3.05, 3.63) is 32.7 Å². The standard InChI is InChI=1S/C14H21Br2N/c1-4-6-10(3)14(17-5-2)12-8-7-11(15)9-13(12)16/h7-10,14,17H,4-6H2,1-3H3. The Morgan fingerprint density at radius 2 is 1.94 bits per heavy atom. The maximum atomic E-state index is 3.67. The van der Waals surface area contributed by atoms with Crippen molar-refractivity contribution in [2.45, 2.75) is 39.7 Å². The molecule has 2 atom stereocenters. The number of rotatable bonds is 6. The zero-order valence-corrected chi connectivity index (χ0v) is 13.9. The molecule has 0 saturated heterocycles. The Hall–Kier alpha value is 0.140. The number of benzene rings is 1. The van der Waals surface area contributed by atoms with Crippen molar-refractivity contribution >= 4 is 31.9 Å². The van der Waals surface area contributed by atoms with Crippen molar-refractivity contribution in [3.8, 4) is 0 Å². The number of hydrogen-bond acceptors (Lipinski definition) is 1. The lowest BCUT2D eigenvalue weighted by Crippen LogP contribution is -2.27. The predicted molar refractivity (Wildman–Crippen MR) is 82.3 cm³/mol. The van der Waals surface area contributed by atoms with Gasteiger partial charge in [0, 0.05) is 15.0 Å². The molecule has 0 heterocycles. The first kappa shape index (κ1) is 15.2. The fourth-order valence-corrected chi connectivity index (χ4v) is 3.51. The van der Waals surface area contributed by atoms with Crippen molar-refractivity contribution in [2.75, 3.05) is 6.54 Å². The van der Waals surface area contributed by atoms with E-state index in [1.54, 1.807) is 0 Å². The van der Waals surface area contributed by atoms with Gasteiger partial charge in [0.05, 0.1) is 0 Å². The summed E-state index contributed by atoms with van der Waals surface area (Å²) in [6, 6.07) is 6.87. The first-order chi connectivity index (χ1) is 8.10. The van der Waals surface area contributed by atoms with Crippen LogP contribution >= 0.6 is 31.9 Å². The highest BCUT2D eigenvalue weighted by molar-refractivity contribution is 9.11. The molecule has 0 fully saturated rings. The molecule has 0 amide bonds. The second kappa shape index (κ2) is 7.55. The maximum Gasteiger partial charge on any atom is 0.0357 e. The van der Waals surface area contributed by atoms with E-state index in [-0.39, 0.29) is 0 Å². The van der Waals surface area contributed by atoms with Crippen LogP contribution in [0.5, 0.6) is 0 Å². The van der Waals surface area contributed by atoms with Crippen molar-refractivity contribution in [1.29, 1.82) is 0 Å². The quantitative estimate of drug-likeness (QED) is 0.724. The average molecular weight is 363 g/mol. The fraction of sp³-hybridized carbons (Fsp3) is 0.571. The summed E-state index contributed by atoms with van der Waals surface area (Å²) in [5, 5.41) is 3.60. The molecule has 96 valence electrons. The van der Waals surface area contributed by atoms with Crippen LogP contribution in [0.25, 0.3) is 0 Å². The van der Waals surface area contributed by atoms with E-state index in [4.69, 9.17) is 0 Å². The Kier molecular flexibility index (Phi) is 6.75. The third-order valence-electron chi connectivity index (χ3n) is 3.03. The number of hydrogen-bond donors (Lipinski definition) is 1. The molecular weight excluding hydrogens is 342 g/mol. The van der Waals surface area contributed by atoms with Gasteiger partial charge in [-0.3, -0.25) is 0 Å². The lowest BCUT2D eigenvalue weighted by molar-refractivity contribution is 0.368. The van der Waals surface area contributed by atoms with Gasteiger partial charge in [0.15, 0.2) is 0 Å². The highest BCUT2D eigenvalue weighted by atomic mass is 79.9. The molecule has 2 unspecified atom stereocenters. The van der Waals surface area contributed by atoms with Gasteiger partial charge in [0.1, 0.15) is 0 Å². The highest BCUT2D eigenvalue weighted by Crippen LogP contribution is 2.32. The third kappa shape index (κ3) is 4.38. The molecule has 1 N–H and O–H groups in total. The van der Waals surface area contributed by atoms with E-state index >= 15 is 0 Å². The lowest BCUT2D eigenvalue weighted by atomic mass is 9.91. The monoisotopic (exact) mass is 361 g/mol. The molecule has 1 nitrogen and oxygen atoms in total. The van der Waals surface area contributed by atoms with E-state index in [1.807, 2.05) is 0 Å². The van der Waals surface area contributed by atoms with Crippen LogP contribution < -0.4 is 5.32 Å². The molecule has 1 rings (SSSR count). The van der Waals surface area contributed by atoms with Crippen LogP contribution in [-0.2, 0) is 0 Å². The van der Waals surface area contributed by atoms with Crippen LogP contribution in [0.4, 0.5) is 0 Å². The molecule has 0 aromatic heterocycles. The summed E-state index contributed by atoms with van der Waals surface area (Å²) in [5.41, 5.74) is 1.36.